The number of carbonyl (C=O) groups is 1. The zero-order valence-corrected chi connectivity index (χ0v) is 16.0. The second-order valence-electron chi connectivity index (χ2n) is 7.93. The Morgan fingerprint density at radius 2 is 2.00 bits per heavy atom. The Hall–Kier alpha value is -2.35. The lowest BCUT2D eigenvalue weighted by molar-refractivity contribution is -0.140. The second-order valence-corrected chi connectivity index (χ2v) is 7.93. The number of amides is 1. The van der Waals surface area contributed by atoms with E-state index >= 15 is 0 Å². The fraction of sp³-hybridized carbons (Fsp3) is 0.632. The van der Waals surface area contributed by atoms with Crippen LogP contribution in [0.1, 0.15) is 48.9 Å². The van der Waals surface area contributed by atoms with Gasteiger partial charge in [-0.1, -0.05) is 0 Å². The summed E-state index contributed by atoms with van der Waals surface area (Å²) in [6.45, 7) is 7.71. The predicted octanol–water partition coefficient (Wildman–Crippen LogP) is 1.88. The van der Waals surface area contributed by atoms with E-state index < -0.39 is 0 Å². The van der Waals surface area contributed by atoms with Crippen LogP contribution in [0.25, 0.3) is 0 Å². The summed E-state index contributed by atoms with van der Waals surface area (Å²) in [5, 5.41) is 8.05. The third-order valence-electron chi connectivity index (χ3n) is 5.60. The SMILES string of the molecule is Cc1cnc(CN2CC3(CCCN(Cc4nnc(C)o4)C3)CCC2=O)cn1. The van der Waals surface area contributed by atoms with Crippen LogP contribution in [0.4, 0.5) is 0 Å². The lowest BCUT2D eigenvalue weighted by Crippen LogP contribution is -2.53. The molecule has 0 radical (unpaired) electrons. The normalized spacial score (nSPS) is 23.9. The van der Waals surface area contributed by atoms with Crippen LogP contribution in [0.3, 0.4) is 0 Å². The van der Waals surface area contributed by atoms with Gasteiger partial charge in [0.2, 0.25) is 17.7 Å². The van der Waals surface area contributed by atoms with E-state index in [-0.39, 0.29) is 11.3 Å². The molecular weight excluding hydrogens is 344 g/mol. The van der Waals surface area contributed by atoms with Gasteiger partial charge < -0.3 is 9.32 Å². The fourth-order valence-corrected chi connectivity index (χ4v) is 4.31. The number of likely N-dealkylation sites (tertiary alicyclic amines) is 2. The lowest BCUT2D eigenvalue weighted by atomic mass is 9.73. The predicted molar refractivity (Wildman–Crippen MR) is 97.4 cm³/mol. The van der Waals surface area contributed by atoms with Gasteiger partial charge in [-0.25, -0.2) is 0 Å². The molecule has 1 atom stereocenters. The highest BCUT2D eigenvalue weighted by Crippen LogP contribution is 2.39. The Morgan fingerprint density at radius 1 is 1.11 bits per heavy atom. The summed E-state index contributed by atoms with van der Waals surface area (Å²) < 4.78 is 5.55. The van der Waals surface area contributed by atoms with E-state index in [4.69, 9.17) is 4.42 Å². The van der Waals surface area contributed by atoms with Gasteiger partial charge in [-0.15, -0.1) is 10.2 Å². The van der Waals surface area contributed by atoms with Crippen LogP contribution in [0, 0.1) is 19.3 Å². The van der Waals surface area contributed by atoms with Crippen molar-refractivity contribution in [3.8, 4) is 0 Å². The molecule has 144 valence electrons. The summed E-state index contributed by atoms with van der Waals surface area (Å²) in [7, 11) is 0. The Balaban J connectivity index is 1.43. The topological polar surface area (TPSA) is 88.3 Å². The van der Waals surface area contributed by atoms with Gasteiger partial charge in [0.25, 0.3) is 0 Å². The molecule has 2 aromatic rings. The van der Waals surface area contributed by atoms with Crippen molar-refractivity contribution < 1.29 is 9.21 Å². The average Bonchev–Trinajstić information content (AvgIpc) is 3.05. The first-order valence-electron chi connectivity index (χ1n) is 9.58. The largest absolute Gasteiger partial charge is 0.424 e. The molecule has 4 heterocycles. The van der Waals surface area contributed by atoms with Crippen LogP contribution in [-0.2, 0) is 17.9 Å². The highest BCUT2D eigenvalue weighted by molar-refractivity contribution is 5.77. The maximum Gasteiger partial charge on any atom is 0.230 e. The van der Waals surface area contributed by atoms with E-state index in [0.717, 1.165) is 50.3 Å². The third kappa shape index (κ3) is 4.16. The highest BCUT2D eigenvalue weighted by atomic mass is 16.4. The molecule has 2 saturated heterocycles. The van der Waals surface area contributed by atoms with Crippen molar-refractivity contribution in [1.82, 2.24) is 30.0 Å². The standard InChI is InChI=1S/C19H26N6O2/c1-14-8-21-16(9-20-14)10-25-13-19(6-4-18(25)26)5-3-7-24(12-19)11-17-23-22-15(2)27-17/h8-9H,3-7,10-13H2,1-2H3. The molecule has 8 nitrogen and oxygen atoms in total. The first-order chi connectivity index (χ1) is 13.0. The first kappa shape index (κ1) is 18.0. The summed E-state index contributed by atoms with van der Waals surface area (Å²) >= 11 is 0. The van der Waals surface area contributed by atoms with Crippen LogP contribution < -0.4 is 0 Å². The number of rotatable bonds is 4. The van der Waals surface area contributed by atoms with Gasteiger partial charge in [0.15, 0.2) is 0 Å². The number of hydrogen-bond acceptors (Lipinski definition) is 7. The molecule has 2 aliphatic rings. The van der Waals surface area contributed by atoms with Gasteiger partial charge in [0.1, 0.15) is 0 Å². The summed E-state index contributed by atoms with van der Waals surface area (Å²) in [4.78, 5) is 25.6. The zero-order chi connectivity index (χ0) is 18.9. The Kier molecular flexibility index (Phi) is 4.90. The molecule has 2 aliphatic heterocycles. The van der Waals surface area contributed by atoms with Crippen molar-refractivity contribution in [2.24, 2.45) is 5.41 Å². The molecular formula is C19H26N6O2. The van der Waals surface area contributed by atoms with E-state index in [1.165, 1.54) is 0 Å². The number of carbonyl (C=O) groups excluding carboxylic acids is 1. The van der Waals surface area contributed by atoms with Crippen LogP contribution >= 0.6 is 0 Å². The smallest absolute Gasteiger partial charge is 0.230 e. The van der Waals surface area contributed by atoms with E-state index in [9.17, 15) is 4.79 Å². The van der Waals surface area contributed by atoms with E-state index in [0.29, 0.717) is 31.3 Å². The quantitative estimate of drug-likeness (QED) is 0.812. The minimum atomic E-state index is 0.138. The summed E-state index contributed by atoms with van der Waals surface area (Å²) in [6, 6.07) is 0. The maximum absolute atomic E-state index is 12.5. The minimum absolute atomic E-state index is 0.138. The molecule has 0 aromatic carbocycles. The van der Waals surface area contributed by atoms with Gasteiger partial charge in [-0.3, -0.25) is 19.7 Å². The Bertz CT molecular complexity index is 805. The van der Waals surface area contributed by atoms with Gasteiger partial charge in [-0.05, 0) is 32.7 Å². The van der Waals surface area contributed by atoms with Gasteiger partial charge in [0.05, 0.1) is 30.7 Å². The van der Waals surface area contributed by atoms with Gasteiger partial charge in [0, 0.05) is 38.0 Å². The monoisotopic (exact) mass is 370 g/mol. The van der Waals surface area contributed by atoms with Crippen LogP contribution in [0.2, 0.25) is 0 Å². The molecule has 2 fully saturated rings. The molecule has 1 spiro atoms. The number of aryl methyl sites for hydroxylation is 2. The third-order valence-corrected chi connectivity index (χ3v) is 5.60. The molecule has 1 unspecified atom stereocenters. The molecule has 1 amide bonds. The Morgan fingerprint density at radius 3 is 2.74 bits per heavy atom. The van der Waals surface area contributed by atoms with Crippen molar-refractivity contribution in [2.75, 3.05) is 19.6 Å². The van der Waals surface area contributed by atoms with E-state index in [2.05, 4.69) is 25.1 Å². The summed E-state index contributed by atoms with van der Waals surface area (Å²) in [5.74, 6) is 1.49. The molecule has 0 saturated carbocycles. The number of piperidine rings is 2. The van der Waals surface area contributed by atoms with Crippen molar-refractivity contribution in [3.63, 3.8) is 0 Å². The molecule has 0 N–H and O–H groups in total. The molecule has 8 heteroatoms. The summed E-state index contributed by atoms with van der Waals surface area (Å²) in [6.07, 6.45) is 7.35. The van der Waals surface area contributed by atoms with Crippen molar-refractivity contribution in [2.45, 2.75) is 52.6 Å². The van der Waals surface area contributed by atoms with Gasteiger partial charge >= 0.3 is 0 Å². The Labute approximate surface area is 159 Å². The fourth-order valence-electron chi connectivity index (χ4n) is 4.31. The van der Waals surface area contributed by atoms with Crippen molar-refractivity contribution in [1.29, 1.82) is 0 Å². The highest BCUT2D eigenvalue weighted by Gasteiger charge is 2.41. The average molecular weight is 370 g/mol. The second kappa shape index (κ2) is 7.34. The van der Waals surface area contributed by atoms with Gasteiger partial charge in [-0.2, -0.15) is 0 Å². The van der Waals surface area contributed by atoms with Crippen LogP contribution in [0.5, 0.6) is 0 Å². The first-order valence-corrected chi connectivity index (χ1v) is 9.58. The van der Waals surface area contributed by atoms with Crippen molar-refractivity contribution in [3.05, 3.63) is 35.6 Å². The molecule has 0 bridgehead atoms. The van der Waals surface area contributed by atoms with E-state index in [1.807, 2.05) is 18.7 Å². The maximum atomic E-state index is 12.5. The number of hydrogen-bond donors (Lipinski definition) is 0. The number of aromatic nitrogens is 4. The lowest BCUT2D eigenvalue weighted by Gasteiger charge is -2.48. The molecule has 27 heavy (non-hydrogen) atoms. The van der Waals surface area contributed by atoms with Crippen molar-refractivity contribution >= 4 is 5.91 Å². The van der Waals surface area contributed by atoms with Crippen LogP contribution in [0.15, 0.2) is 16.8 Å². The molecule has 2 aromatic heterocycles. The van der Waals surface area contributed by atoms with Crippen LogP contribution in [-0.4, -0.2) is 55.5 Å². The number of nitrogens with zero attached hydrogens (tertiary/aromatic N) is 6. The summed E-state index contributed by atoms with van der Waals surface area (Å²) in [5.41, 5.74) is 1.87. The zero-order valence-electron chi connectivity index (χ0n) is 16.0. The van der Waals surface area contributed by atoms with E-state index in [1.54, 1.807) is 12.4 Å². The molecule has 4 rings (SSSR count). The molecule has 0 aliphatic carbocycles. The minimum Gasteiger partial charge on any atom is -0.424 e.